The van der Waals surface area contributed by atoms with Crippen LogP contribution < -0.4 is 9.47 Å². The molecule has 0 saturated carbocycles. The molecule has 0 aliphatic heterocycles. The van der Waals surface area contributed by atoms with Crippen molar-refractivity contribution in [2.45, 2.75) is 0 Å². The largest absolute Gasteiger partial charge is 0.497 e. The molecular formula is C17H14ClNO7. The van der Waals surface area contributed by atoms with Crippen molar-refractivity contribution in [2.75, 3.05) is 20.8 Å². The van der Waals surface area contributed by atoms with Gasteiger partial charge in [0.1, 0.15) is 17.1 Å². The number of nitro groups is 1. The fourth-order valence-electron chi connectivity index (χ4n) is 2.14. The average molecular weight is 380 g/mol. The van der Waals surface area contributed by atoms with Gasteiger partial charge in [-0.15, -0.1) is 0 Å². The van der Waals surface area contributed by atoms with E-state index < -0.39 is 29.0 Å². The maximum atomic E-state index is 12.3. The van der Waals surface area contributed by atoms with Gasteiger partial charge >= 0.3 is 5.97 Å². The van der Waals surface area contributed by atoms with Crippen LogP contribution in [0.3, 0.4) is 0 Å². The Labute approximate surface area is 153 Å². The monoisotopic (exact) mass is 379 g/mol. The molecule has 136 valence electrons. The van der Waals surface area contributed by atoms with Crippen molar-refractivity contribution in [2.24, 2.45) is 0 Å². The van der Waals surface area contributed by atoms with Crippen molar-refractivity contribution in [1.29, 1.82) is 0 Å². The number of hydrogen-bond acceptors (Lipinski definition) is 7. The second-order valence-electron chi connectivity index (χ2n) is 4.98. The molecule has 26 heavy (non-hydrogen) atoms. The zero-order chi connectivity index (χ0) is 19.3. The number of benzene rings is 2. The fraction of sp³-hybridized carbons (Fsp3) is 0.176. The summed E-state index contributed by atoms with van der Waals surface area (Å²) >= 11 is 5.70. The molecule has 0 N–H and O–H groups in total. The van der Waals surface area contributed by atoms with Crippen LogP contribution in [0.2, 0.25) is 5.02 Å². The van der Waals surface area contributed by atoms with Gasteiger partial charge in [0, 0.05) is 17.2 Å². The summed E-state index contributed by atoms with van der Waals surface area (Å²) in [6.07, 6.45) is 0. The predicted molar refractivity (Wildman–Crippen MR) is 92.3 cm³/mol. The van der Waals surface area contributed by atoms with Crippen LogP contribution in [0.25, 0.3) is 0 Å². The summed E-state index contributed by atoms with van der Waals surface area (Å²) in [5, 5.41) is 11.1. The molecule has 0 aliphatic carbocycles. The maximum absolute atomic E-state index is 12.3. The first-order valence-electron chi connectivity index (χ1n) is 7.23. The second kappa shape index (κ2) is 8.30. The quantitative estimate of drug-likeness (QED) is 0.314. The topological polar surface area (TPSA) is 105 Å². The first-order chi connectivity index (χ1) is 12.4. The van der Waals surface area contributed by atoms with E-state index in [9.17, 15) is 19.7 Å². The fourth-order valence-corrected chi connectivity index (χ4v) is 2.31. The van der Waals surface area contributed by atoms with E-state index in [0.717, 1.165) is 6.07 Å². The lowest BCUT2D eigenvalue weighted by Gasteiger charge is -2.10. The Kier molecular flexibility index (Phi) is 6.13. The van der Waals surface area contributed by atoms with Crippen molar-refractivity contribution in [1.82, 2.24) is 0 Å². The van der Waals surface area contributed by atoms with Crippen LogP contribution in [0.1, 0.15) is 20.7 Å². The Hall–Kier alpha value is -3.13. The van der Waals surface area contributed by atoms with Crippen LogP contribution >= 0.6 is 11.6 Å². The van der Waals surface area contributed by atoms with Crippen molar-refractivity contribution in [3.05, 3.63) is 62.7 Å². The van der Waals surface area contributed by atoms with Crippen LogP contribution in [0.5, 0.6) is 11.5 Å². The zero-order valence-electron chi connectivity index (χ0n) is 13.9. The van der Waals surface area contributed by atoms with Crippen LogP contribution in [0, 0.1) is 10.1 Å². The average Bonchev–Trinajstić information content (AvgIpc) is 2.64. The Balaban J connectivity index is 2.15. The lowest BCUT2D eigenvalue weighted by atomic mass is 10.1. The minimum atomic E-state index is -1.01. The minimum Gasteiger partial charge on any atom is -0.497 e. The molecule has 0 atom stereocenters. The number of nitrogens with zero attached hydrogens (tertiary/aromatic N) is 1. The Morgan fingerprint density at radius 3 is 2.38 bits per heavy atom. The van der Waals surface area contributed by atoms with E-state index in [1.807, 2.05) is 0 Å². The van der Waals surface area contributed by atoms with Gasteiger partial charge in [0.15, 0.2) is 6.61 Å². The first-order valence-corrected chi connectivity index (χ1v) is 7.61. The number of ketones is 1. The number of halogens is 1. The summed E-state index contributed by atoms with van der Waals surface area (Å²) in [7, 11) is 2.85. The normalized spacial score (nSPS) is 10.1. The number of hydrogen-bond donors (Lipinski definition) is 0. The van der Waals surface area contributed by atoms with Crippen molar-refractivity contribution in [3.8, 4) is 11.5 Å². The van der Waals surface area contributed by atoms with Crippen LogP contribution in [0.4, 0.5) is 5.69 Å². The zero-order valence-corrected chi connectivity index (χ0v) is 14.6. The number of Topliss-reactive ketones (excluding diaryl/α,β-unsaturated/α-hetero) is 1. The smallest absolute Gasteiger partial charge is 0.345 e. The van der Waals surface area contributed by atoms with E-state index in [1.54, 1.807) is 6.07 Å². The highest BCUT2D eigenvalue weighted by atomic mass is 35.5. The molecule has 9 heteroatoms. The summed E-state index contributed by atoms with van der Waals surface area (Å²) in [5.41, 5.74) is -0.613. The van der Waals surface area contributed by atoms with E-state index in [1.165, 1.54) is 38.5 Å². The van der Waals surface area contributed by atoms with Gasteiger partial charge in [-0.05, 0) is 24.3 Å². The molecule has 8 nitrogen and oxygen atoms in total. The molecular weight excluding hydrogens is 366 g/mol. The number of methoxy groups -OCH3 is 2. The van der Waals surface area contributed by atoms with E-state index in [2.05, 4.69) is 0 Å². The van der Waals surface area contributed by atoms with E-state index in [-0.39, 0.29) is 21.9 Å². The highest BCUT2D eigenvalue weighted by Crippen LogP contribution is 2.26. The third kappa shape index (κ3) is 4.28. The van der Waals surface area contributed by atoms with Gasteiger partial charge < -0.3 is 14.2 Å². The Morgan fingerprint density at radius 1 is 1.08 bits per heavy atom. The van der Waals surface area contributed by atoms with Crippen molar-refractivity contribution >= 4 is 29.0 Å². The number of rotatable bonds is 7. The maximum Gasteiger partial charge on any atom is 0.345 e. The molecule has 0 amide bonds. The van der Waals surface area contributed by atoms with E-state index in [0.29, 0.717) is 5.75 Å². The lowest BCUT2D eigenvalue weighted by molar-refractivity contribution is -0.385. The number of ether oxygens (including phenoxy) is 3. The molecule has 0 spiro atoms. The molecule has 0 aliphatic rings. The molecule has 2 aromatic carbocycles. The highest BCUT2D eigenvalue weighted by Gasteiger charge is 2.23. The second-order valence-corrected chi connectivity index (χ2v) is 5.42. The summed E-state index contributed by atoms with van der Waals surface area (Å²) in [6.45, 7) is -0.610. The standard InChI is InChI=1S/C17H14ClNO7/c1-24-11-4-6-13(16(8-11)25-2)15(20)9-26-17(21)12-5-3-10(18)7-14(12)19(22)23/h3-8H,9H2,1-2H3. The lowest BCUT2D eigenvalue weighted by Crippen LogP contribution is -2.16. The van der Waals surface area contributed by atoms with Gasteiger partial charge in [-0.3, -0.25) is 14.9 Å². The van der Waals surface area contributed by atoms with Gasteiger partial charge in [0.05, 0.1) is 24.7 Å². The SMILES string of the molecule is COc1ccc(C(=O)COC(=O)c2ccc(Cl)cc2[N+](=O)[O-])c(OC)c1. The van der Waals surface area contributed by atoms with Gasteiger partial charge in [-0.1, -0.05) is 11.6 Å². The minimum absolute atomic E-state index is 0.104. The number of carbonyl (C=O) groups excluding carboxylic acids is 2. The summed E-state index contributed by atoms with van der Waals surface area (Å²) in [6, 6.07) is 8.06. The van der Waals surface area contributed by atoms with Gasteiger partial charge in [0.25, 0.3) is 5.69 Å². The third-order valence-electron chi connectivity index (χ3n) is 3.42. The van der Waals surface area contributed by atoms with E-state index >= 15 is 0 Å². The van der Waals surface area contributed by atoms with Gasteiger partial charge in [-0.2, -0.15) is 0 Å². The van der Waals surface area contributed by atoms with Crippen molar-refractivity contribution in [3.63, 3.8) is 0 Å². The Bertz CT molecular complexity index is 866. The summed E-state index contributed by atoms with van der Waals surface area (Å²) in [4.78, 5) is 34.7. The van der Waals surface area contributed by atoms with Gasteiger partial charge in [-0.25, -0.2) is 4.79 Å². The molecule has 0 saturated heterocycles. The van der Waals surface area contributed by atoms with Crippen LogP contribution in [0.15, 0.2) is 36.4 Å². The van der Waals surface area contributed by atoms with Crippen LogP contribution in [-0.2, 0) is 4.74 Å². The molecule has 0 heterocycles. The van der Waals surface area contributed by atoms with Gasteiger partial charge in [0.2, 0.25) is 5.78 Å². The highest BCUT2D eigenvalue weighted by molar-refractivity contribution is 6.31. The third-order valence-corrected chi connectivity index (χ3v) is 3.65. The molecule has 2 rings (SSSR count). The van der Waals surface area contributed by atoms with E-state index in [4.69, 9.17) is 25.8 Å². The first kappa shape index (κ1) is 19.2. The summed E-state index contributed by atoms with van der Waals surface area (Å²) < 4.78 is 15.1. The molecule has 0 unspecified atom stereocenters. The molecule has 0 aromatic heterocycles. The Morgan fingerprint density at radius 2 is 1.77 bits per heavy atom. The molecule has 0 radical (unpaired) electrons. The van der Waals surface area contributed by atoms with Crippen molar-refractivity contribution < 1.29 is 28.7 Å². The summed E-state index contributed by atoms with van der Waals surface area (Å²) in [5.74, 6) is -0.793. The predicted octanol–water partition coefficient (Wildman–Crippen LogP) is 3.31. The molecule has 0 fully saturated rings. The number of nitro benzene ring substituents is 1. The number of carbonyl (C=O) groups is 2. The molecule has 2 aromatic rings. The number of esters is 1. The molecule has 0 bridgehead atoms. The van der Waals surface area contributed by atoms with Crippen LogP contribution in [-0.4, -0.2) is 37.5 Å².